The number of sulfonamides is 1. The molecule has 3 rings (SSSR count). The molecule has 1 aliphatic heterocycles. The molecule has 1 amide bonds. The van der Waals surface area contributed by atoms with Crippen molar-refractivity contribution < 1.29 is 40.6 Å². The monoisotopic (exact) mass is 501 g/mol. The van der Waals surface area contributed by atoms with Crippen molar-refractivity contribution >= 4 is 27.5 Å². The molecule has 8 nitrogen and oxygen atoms in total. The van der Waals surface area contributed by atoms with Gasteiger partial charge in [-0.1, -0.05) is 0 Å². The van der Waals surface area contributed by atoms with Gasteiger partial charge in [0.25, 0.3) is 10.0 Å². The molecule has 2 aromatic carbocycles. The van der Waals surface area contributed by atoms with E-state index in [-0.39, 0.29) is 36.2 Å². The van der Waals surface area contributed by atoms with Crippen LogP contribution in [0.15, 0.2) is 41.3 Å². The van der Waals surface area contributed by atoms with Crippen LogP contribution < -0.4 is 14.4 Å². The highest BCUT2D eigenvalue weighted by Gasteiger charge is 2.40. The third-order valence-corrected chi connectivity index (χ3v) is 6.79. The van der Waals surface area contributed by atoms with E-state index in [2.05, 4.69) is 11.4 Å². The second-order valence-corrected chi connectivity index (χ2v) is 10.1. The van der Waals surface area contributed by atoms with Crippen molar-refractivity contribution in [2.45, 2.75) is 37.4 Å². The van der Waals surface area contributed by atoms with Crippen LogP contribution in [0, 0.1) is 22.6 Å². The second kappa shape index (κ2) is 8.68. The summed E-state index contributed by atoms with van der Waals surface area (Å²) in [5.41, 5.74) is -2.80. The van der Waals surface area contributed by atoms with E-state index in [0.29, 0.717) is 12.1 Å². The molecule has 1 heterocycles. The highest BCUT2D eigenvalue weighted by molar-refractivity contribution is 7.92. The fourth-order valence-electron chi connectivity index (χ4n) is 3.47. The summed E-state index contributed by atoms with van der Waals surface area (Å²) in [7, 11) is -4.69. The minimum absolute atomic E-state index is 0.0130. The lowest BCUT2D eigenvalue weighted by Gasteiger charge is -2.37. The van der Waals surface area contributed by atoms with E-state index in [4.69, 9.17) is 9.84 Å². The molecule has 1 atom stereocenters. The molecule has 182 valence electrons. The Morgan fingerprint density at radius 3 is 2.53 bits per heavy atom. The highest BCUT2D eigenvalue weighted by atomic mass is 32.2. The van der Waals surface area contributed by atoms with Gasteiger partial charge < -0.3 is 9.84 Å². The molecule has 1 aliphatic rings. The van der Waals surface area contributed by atoms with Gasteiger partial charge in [0.2, 0.25) is 0 Å². The second-order valence-electron chi connectivity index (χ2n) is 8.23. The number of halogens is 4. The number of nitrogens with one attached hydrogen (secondary N) is 1. The molecule has 0 spiro atoms. The Kier molecular flexibility index (Phi) is 6.41. The fraction of sp³-hybridized carbons (Fsp3) is 0.333. The van der Waals surface area contributed by atoms with Crippen molar-refractivity contribution in [3.05, 3.63) is 47.8 Å². The minimum atomic E-state index is -5.13. The van der Waals surface area contributed by atoms with Gasteiger partial charge >= 0.3 is 12.3 Å². The lowest BCUT2D eigenvalue weighted by molar-refractivity contribution is -0.140. The first kappa shape index (κ1) is 25.1. The standard InChI is InChI=1S/C21H19F4N3O5S/c1-20(2,11-26)9-13-10-28(17-7-12(27-19(29)30)3-6-18(17)33-13)34(31,32)14-4-5-16(22)15(8-14)21(23,24)25/h3-8,13,27H,9-10H2,1-2H3,(H,29,30). The molecule has 0 radical (unpaired) electrons. The van der Waals surface area contributed by atoms with E-state index in [9.17, 15) is 36.0 Å². The Morgan fingerprint density at radius 2 is 1.94 bits per heavy atom. The van der Waals surface area contributed by atoms with Crippen molar-refractivity contribution in [2.24, 2.45) is 5.41 Å². The maximum absolute atomic E-state index is 13.8. The first-order valence-corrected chi connectivity index (χ1v) is 11.2. The molecular weight excluding hydrogens is 482 g/mol. The van der Waals surface area contributed by atoms with Crippen LogP contribution in [0.2, 0.25) is 0 Å². The molecular formula is C21H19F4N3O5S. The summed E-state index contributed by atoms with van der Waals surface area (Å²) >= 11 is 0. The highest BCUT2D eigenvalue weighted by Crippen LogP contribution is 2.41. The number of carboxylic acid groups (broad SMARTS) is 1. The predicted octanol–water partition coefficient (Wildman–Crippen LogP) is 4.83. The Balaban J connectivity index is 2.14. The molecule has 1 unspecified atom stereocenters. The van der Waals surface area contributed by atoms with Gasteiger partial charge in [0.1, 0.15) is 17.7 Å². The zero-order valence-corrected chi connectivity index (χ0v) is 18.7. The molecule has 0 saturated heterocycles. The molecule has 0 aromatic heterocycles. The number of carbonyl (C=O) groups is 1. The van der Waals surface area contributed by atoms with Crippen LogP contribution in [0.25, 0.3) is 0 Å². The van der Waals surface area contributed by atoms with Crippen LogP contribution >= 0.6 is 0 Å². The largest absolute Gasteiger partial charge is 0.486 e. The topological polar surface area (TPSA) is 120 Å². The zero-order chi connectivity index (χ0) is 25.5. The number of anilines is 2. The minimum Gasteiger partial charge on any atom is -0.486 e. The Bertz CT molecular complexity index is 1270. The van der Waals surface area contributed by atoms with Crippen LogP contribution in [0.5, 0.6) is 5.75 Å². The van der Waals surface area contributed by atoms with Crippen LogP contribution in [0.1, 0.15) is 25.8 Å². The molecule has 0 aliphatic carbocycles. The van der Waals surface area contributed by atoms with E-state index in [1.165, 1.54) is 12.1 Å². The zero-order valence-electron chi connectivity index (χ0n) is 17.9. The van der Waals surface area contributed by atoms with Gasteiger partial charge in [0.15, 0.2) is 0 Å². The SMILES string of the molecule is CC(C)(C#N)CC1CN(S(=O)(=O)c2ccc(F)c(C(F)(F)F)c2)c2cc(NC(=O)O)ccc2O1. The van der Waals surface area contributed by atoms with Crippen molar-refractivity contribution in [3.63, 3.8) is 0 Å². The van der Waals surface area contributed by atoms with Crippen LogP contribution in [-0.4, -0.2) is 32.3 Å². The van der Waals surface area contributed by atoms with Gasteiger partial charge in [0.05, 0.1) is 34.2 Å². The average Bonchev–Trinajstić information content (AvgIpc) is 2.72. The first-order valence-electron chi connectivity index (χ1n) is 9.75. The van der Waals surface area contributed by atoms with Gasteiger partial charge in [-0.3, -0.25) is 9.62 Å². The van der Waals surface area contributed by atoms with Crippen molar-refractivity contribution in [1.29, 1.82) is 5.26 Å². The molecule has 13 heteroatoms. The maximum atomic E-state index is 13.8. The van der Waals surface area contributed by atoms with Gasteiger partial charge in [-0.25, -0.2) is 17.6 Å². The summed E-state index contributed by atoms with van der Waals surface area (Å²) in [4.78, 5) is 10.2. The maximum Gasteiger partial charge on any atom is 0.419 e. The molecule has 2 N–H and O–H groups in total. The average molecular weight is 501 g/mol. The summed E-state index contributed by atoms with van der Waals surface area (Å²) in [6, 6.07) is 7.17. The summed E-state index contributed by atoms with van der Waals surface area (Å²) in [6.07, 6.45) is -7.32. The number of ether oxygens (including phenoxy) is 1. The van der Waals surface area contributed by atoms with E-state index in [1.54, 1.807) is 13.8 Å². The van der Waals surface area contributed by atoms with E-state index in [1.807, 2.05) is 0 Å². The summed E-state index contributed by atoms with van der Waals surface area (Å²) in [5.74, 6) is -1.61. The van der Waals surface area contributed by atoms with E-state index >= 15 is 0 Å². The molecule has 2 aromatic rings. The fourth-order valence-corrected chi connectivity index (χ4v) is 5.00. The number of benzene rings is 2. The number of rotatable bonds is 5. The lowest BCUT2D eigenvalue weighted by atomic mass is 9.88. The predicted molar refractivity (Wildman–Crippen MR) is 112 cm³/mol. The number of alkyl halides is 3. The van der Waals surface area contributed by atoms with Gasteiger partial charge in [-0.05, 0) is 50.2 Å². The molecule has 34 heavy (non-hydrogen) atoms. The molecule has 0 bridgehead atoms. The lowest BCUT2D eigenvalue weighted by Crippen LogP contribution is -2.45. The van der Waals surface area contributed by atoms with Gasteiger partial charge in [0, 0.05) is 12.1 Å². The Morgan fingerprint density at radius 1 is 1.26 bits per heavy atom. The number of nitriles is 1. The van der Waals surface area contributed by atoms with Crippen LogP contribution in [0.4, 0.5) is 33.7 Å². The van der Waals surface area contributed by atoms with Crippen LogP contribution in [0.3, 0.4) is 0 Å². The van der Waals surface area contributed by atoms with E-state index in [0.717, 1.165) is 10.4 Å². The Labute approximate surface area is 192 Å². The number of amides is 1. The molecule has 0 saturated carbocycles. The summed E-state index contributed by atoms with van der Waals surface area (Å²) < 4.78 is 86.8. The van der Waals surface area contributed by atoms with Crippen molar-refractivity contribution in [2.75, 3.05) is 16.2 Å². The van der Waals surface area contributed by atoms with Crippen molar-refractivity contribution in [1.82, 2.24) is 0 Å². The molecule has 0 fully saturated rings. The van der Waals surface area contributed by atoms with Crippen LogP contribution in [-0.2, 0) is 16.2 Å². The number of hydrogen-bond acceptors (Lipinski definition) is 5. The van der Waals surface area contributed by atoms with Gasteiger partial charge in [-0.2, -0.15) is 18.4 Å². The third-order valence-electron chi connectivity index (χ3n) is 5.01. The third kappa shape index (κ3) is 5.17. The summed E-state index contributed by atoms with van der Waals surface area (Å²) in [6.45, 7) is 2.84. The summed E-state index contributed by atoms with van der Waals surface area (Å²) in [5, 5.41) is 20.4. The Hall–Kier alpha value is -3.53. The first-order chi connectivity index (χ1) is 15.6. The number of nitrogens with zero attached hydrogens (tertiary/aromatic N) is 2. The van der Waals surface area contributed by atoms with Crippen molar-refractivity contribution in [3.8, 4) is 11.8 Å². The quantitative estimate of drug-likeness (QED) is 0.567. The number of fused-ring (bicyclic) bond motifs is 1. The normalized spacial score (nSPS) is 16.3. The number of hydrogen-bond donors (Lipinski definition) is 2. The van der Waals surface area contributed by atoms with Gasteiger partial charge in [-0.15, -0.1) is 0 Å². The smallest absolute Gasteiger partial charge is 0.419 e. The van der Waals surface area contributed by atoms with E-state index < -0.39 is 50.1 Å².